The van der Waals surface area contributed by atoms with E-state index in [9.17, 15) is 24.3 Å². The molecule has 4 amide bonds. The minimum Gasteiger partial charge on any atom is -0.546 e. The zero-order valence-electron chi connectivity index (χ0n) is 14.7. The first-order chi connectivity index (χ1) is 13.4. The molecule has 0 radical (unpaired) electrons. The second-order valence-electron chi connectivity index (χ2n) is 5.94. The van der Waals surface area contributed by atoms with Crippen LogP contribution in [0.1, 0.15) is 12.5 Å². The van der Waals surface area contributed by atoms with Crippen LogP contribution in [0.4, 0.5) is 10.5 Å². The Balaban J connectivity index is 1.86. The highest BCUT2D eigenvalue weighted by Crippen LogP contribution is 2.22. The van der Waals surface area contributed by atoms with Gasteiger partial charge in [0.2, 0.25) is 0 Å². The van der Waals surface area contributed by atoms with Gasteiger partial charge in [-0.25, -0.2) is 9.69 Å². The lowest BCUT2D eigenvalue weighted by Gasteiger charge is -2.26. The van der Waals surface area contributed by atoms with Crippen molar-refractivity contribution in [3.05, 3.63) is 65.7 Å². The minimum atomic E-state index is -1.35. The highest BCUT2D eigenvalue weighted by Gasteiger charge is 2.36. The van der Waals surface area contributed by atoms with Gasteiger partial charge in [-0.05, 0) is 42.8 Å². The van der Waals surface area contributed by atoms with Crippen molar-refractivity contribution in [1.82, 2.24) is 5.32 Å². The number of carbonyl (C=O) groups is 4. The van der Waals surface area contributed by atoms with E-state index < -0.39 is 29.9 Å². The van der Waals surface area contributed by atoms with Gasteiger partial charge >= 0.3 is 6.03 Å². The molecule has 0 aromatic heterocycles. The van der Waals surface area contributed by atoms with Crippen LogP contribution in [0.2, 0.25) is 0 Å². The van der Waals surface area contributed by atoms with Crippen LogP contribution in [0.25, 0.3) is 6.08 Å². The van der Waals surface area contributed by atoms with Gasteiger partial charge in [0.1, 0.15) is 17.4 Å². The van der Waals surface area contributed by atoms with Crippen LogP contribution in [0.15, 0.2) is 60.2 Å². The number of urea groups is 1. The van der Waals surface area contributed by atoms with Gasteiger partial charge in [0.25, 0.3) is 11.8 Å². The Labute approximate surface area is 160 Å². The number of rotatable bonds is 5. The number of carbonyl (C=O) groups excluding carboxylic acids is 4. The molecule has 1 saturated heterocycles. The van der Waals surface area contributed by atoms with E-state index >= 15 is 0 Å². The topological polar surface area (TPSA) is 116 Å². The SMILES string of the molecule is C[C@H](Oc1ccc(/C=C2/C(=O)NC(=O)N(c3ccccc3)C2=O)cc1)C(=O)[O-]. The van der Waals surface area contributed by atoms with Crippen molar-refractivity contribution in [3.8, 4) is 5.75 Å². The fraction of sp³-hybridized carbons (Fsp3) is 0.100. The Morgan fingerprint density at radius 3 is 2.32 bits per heavy atom. The molecular formula is C20H15N2O6-. The van der Waals surface area contributed by atoms with E-state index in [1.165, 1.54) is 25.1 Å². The lowest BCUT2D eigenvalue weighted by Crippen LogP contribution is -2.54. The average molecular weight is 379 g/mol. The number of benzene rings is 2. The molecule has 8 heteroatoms. The zero-order valence-corrected chi connectivity index (χ0v) is 14.7. The van der Waals surface area contributed by atoms with E-state index in [1.807, 2.05) is 0 Å². The number of imide groups is 2. The third-order valence-electron chi connectivity index (χ3n) is 3.95. The van der Waals surface area contributed by atoms with Crippen molar-refractivity contribution in [2.45, 2.75) is 13.0 Å². The molecule has 8 nitrogen and oxygen atoms in total. The van der Waals surface area contributed by atoms with Crippen LogP contribution < -0.4 is 20.1 Å². The minimum absolute atomic E-state index is 0.208. The van der Waals surface area contributed by atoms with Gasteiger partial charge in [0, 0.05) is 0 Å². The molecule has 0 unspecified atom stereocenters. The van der Waals surface area contributed by atoms with Gasteiger partial charge in [-0.1, -0.05) is 30.3 Å². The molecular weight excluding hydrogens is 364 g/mol. The standard InChI is InChI=1S/C20H16N2O6/c1-12(19(25)26)28-15-9-7-13(8-10-15)11-16-17(23)21-20(27)22(18(16)24)14-5-3-2-4-6-14/h2-12H,1H3,(H,25,26)(H,21,23,27)/p-1/b16-11-/t12-/m0/s1. The molecule has 1 N–H and O–H groups in total. The number of aliphatic carboxylic acids is 1. The highest BCUT2D eigenvalue weighted by molar-refractivity contribution is 6.39. The zero-order chi connectivity index (χ0) is 20.3. The van der Waals surface area contributed by atoms with Crippen molar-refractivity contribution in [3.63, 3.8) is 0 Å². The van der Waals surface area contributed by atoms with E-state index in [0.717, 1.165) is 4.90 Å². The summed E-state index contributed by atoms with van der Waals surface area (Å²) in [5, 5.41) is 12.9. The maximum atomic E-state index is 12.7. The summed E-state index contributed by atoms with van der Waals surface area (Å²) in [5.41, 5.74) is 0.623. The van der Waals surface area contributed by atoms with Crippen LogP contribution in [0.5, 0.6) is 5.75 Å². The summed E-state index contributed by atoms with van der Waals surface area (Å²) in [6.07, 6.45) is 0.215. The number of nitrogens with one attached hydrogen (secondary N) is 1. The summed E-state index contributed by atoms with van der Waals surface area (Å²) < 4.78 is 5.17. The van der Waals surface area contributed by atoms with Gasteiger partial charge in [-0.15, -0.1) is 0 Å². The maximum absolute atomic E-state index is 12.7. The molecule has 3 rings (SSSR count). The molecule has 0 bridgehead atoms. The first-order valence-electron chi connectivity index (χ1n) is 8.31. The Morgan fingerprint density at radius 2 is 1.71 bits per heavy atom. The molecule has 0 spiro atoms. The number of carboxylic acid groups (broad SMARTS) is 1. The van der Waals surface area contributed by atoms with Crippen LogP contribution in [-0.4, -0.2) is 29.9 Å². The molecule has 0 saturated carbocycles. The first kappa shape index (κ1) is 18.8. The largest absolute Gasteiger partial charge is 0.546 e. The van der Waals surface area contributed by atoms with Gasteiger partial charge in [-0.2, -0.15) is 0 Å². The summed E-state index contributed by atoms with van der Waals surface area (Å²) in [7, 11) is 0. The van der Waals surface area contributed by atoms with Crippen LogP contribution in [-0.2, 0) is 14.4 Å². The molecule has 0 aliphatic carbocycles. The summed E-state index contributed by atoms with van der Waals surface area (Å²) in [6, 6.07) is 13.5. The fourth-order valence-corrected chi connectivity index (χ4v) is 2.53. The van der Waals surface area contributed by atoms with E-state index in [2.05, 4.69) is 5.32 Å². The summed E-state index contributed by atoms with van der Waals surface area (Å²) >= 11 is 0. The van der Waals surface area contributed by atoms with Crippen molar-refractivity contribution in [1.29, 1.82) is 0 Å². The monoisotopic (exact) mass is 379 g/mol. The van der Waals surface area contributed by atoms with Gasteiger partial charge in [0.15, 0.2) is 0 Å². The Kier molecular flexibility index (Phi) is 5.21. The normalized spacial score (nSPS) is 16.7. The molecule has 28 heavy (non-hydrogen) atoms. The third-order valence-corrected chi connectivity index (χ3v) is 3.95. The molecule has 142 valence electrons. The predicted molar refractivity (Wildman–Crippen MR) is 97.0 cm³/mol. The molecule has 1 fully saturated rings. The quantitative estimate of drug-likeness (QED) is 0.609. The summed E-state index contributed by atoms with van der Waals surface area (Å²) in [6.45, 7) is 1.34. The van der Waals surface area contributed by atoms with Crippen molar-refractivity contribution >= 4 is 35.6 Å². The number of barbiturate groups is 1. The third kappa shape index (κ3) is 3.90. The molecule has 1 heterocycles. The lowest BCUT2D eigenvalue weighted by atomic mass is 10.1. The number of nitrogens with zero attached hydrogens (tertiary/aromatic N) is 1. The number of ether oxygens (including phenoxy) is 1. The average Bonchev–Trinajstić information content (AvgIpc) is 2.67. The van der Waals surface area contributed by atoms with Crippen molar-refractivity contribution in [2.75, 3.05) is 4.90 Å². The second kappa shape index (κ2) is 7.75. The van der Waals surface area contributed by atoms with Crippen molar-refractivity contribution < 1.29 is 29.0 Å². The van der Waals surface area contributed by atoms with E-state index in [4.69, 9.17) is 4.74 Å². The Hall–Kier alpha value is -3.94. The van der Waals surface area contributed by atoms with Gasteiger partial charge < -0.3 is 14.6 Å². The van der Waals surface area contributed by atoms with E-state index in [0.29, 0.717) is 17.0 Å². The second-order valence-corrected chi connectivity index (χ2v) is 5.94. The van der Waals surface area contributed by atoms with Gasteiger partial charge in [0.05, 0.1) is 11.7 Å². The van der Waals surface area contributed by atoms with Crippen molar-refractivity contribution in [2.24, 2.45) is 0 Å². The number of para-hydroxylation sites is 1. The number of carboxylic acids is 1. The molecule has 1 atom stereocenters. The number of hydrogen-bond acceptors (Lipinski definition) is 6. The summed E-state index contributed by atoms with van der Waals surface area (Å²) in [5.74, 6) is -2.60. The number of hydrogen-bond donors (Lipinski definition) is 1. The fourth-order valence-electron chi connectivity index (χ4n) is 2.53. The first-order valence-corrected chi connectivity index (χ1v) is 8.31. The number of anilines is 1. The molecule has 1 aliphatic heterocycles. The maximum Gasteiger partial charge on any atom is 0.335 e. The summed E-state index contributed by atoms with van der Waals surface area (Å²) in [4.78, 5) is 48.6. The molecule has 2 aromatic carbocycles. The van der Waals surface area contributed by atoms with Gasteiger partial charge in [-0.3, -0.25) is 14.9 Å². The van der Waals surface area contributed by atoms with Crippen LogP contribution in [0.3, 0.4) is 0 Å². The molecule has 1 aliphatic rings. The number of amides is 4. The van der Waals surface area contributed by atoms with Crippen LogP contribution in [0, 0.1) is 0 Å². The van der Waals surface area contributed by atoms with Crippen LogP contribution >= 0.6 is 0 Å². The predicted octanol–water partition coefficient (Wildman–Crippen LogP) is 0.870. The molecule has 2 aromatic rings. The van der Waals surface area contributed by atoms with E-state index in [1.54, 1.807) is 42.5 Å². The Bertz CT molecular complexity index is 966. The van der Waals surface area contributed by atoms with E-state index in [-0.39, 0.29) is 5.57 Å². The lowest BCUT2D eigenvalue weighted by molar-refractivity contribution is -0.312. The smallest absolute Gasteiger partial charge is 0.335 e. The Morgan fingerprint density at radius 1 is 1.07 bits per heavy atom. The highest BCUT2D eigenvalue weighted by atomic mass is 16.5.